The Kier molecular flexibility index (Phi) is 8.67. The molecule has 0 spiro atoms. The molecule has 206 valence electrons. The van der Waals surface area contributed by atoms with Gasteiger partial charge in [0.25, 0.3) is 11.8 Å². The summed E-state index contributed by atoms with van der Waals surface area (Å²) in [6.07, 6.45) is 1.63. The number of rotatable bonds is 10. The van der Waals surface area contributed by atoms with Crippen molar-refractivity contribution in [2.24, 2.45) is 5.73 Å². The van der Waals surface area contributed by atoms with E-state index in [0.717, 1.165) is 29.9 Å². The van der Waals surface area contributed by atoms with Crippen LogP contribution in [0.2, 0.25) is 0 Å². The maximum atomic E-state index is 14.1. The van der Waals surface area contributed by atoms with Crippen LogP contribution in [0.25, 0.3) is 0 Å². The van der Waals surface area contributed by atoms with E-state index in [4.69, 9.17) is 25.7 Å². The molecule has 5 N–H and O–H groups in total. The summed E-state index contributed by atoms with van der Waals surface area (Å²) < 4.78 is 20.5. The van der Waals surface area contributed by atoms with Gasteiger partial charge in [-0.1, -0.05) is 23.8 Å². The van der Waals surface area contributed by atoms with Crippen molar-refractivity contribution in [2.75, 3.05) is 38.0 Å². The molecule has 2 atom stereocenters. The Morgan fingerprint density at radius 3 is 2.46 bits per heavy atom. The summed E-state index contributed by atoms with van der Waals surface area (Å²) in [5.74, 6) is -1.06. The molecule has 0 unspecified atom stereocenters. The fourth-order valence-corrected chi connectivity index (χ4v) is 5.13. The zero-order valence-corrected chi connectivity index (χ0v) is 22.7. The molecular formula is C27H31N5O6S. The molecule has 1 aromatic heterocycles. The Bertz CT molecular complexity index is 1350. The zero-order chi connectivity index (χ0) is 28.1. The number of benzene rings is 2. The summed E-state index contributed by atoms with van der Waals surface area (Å²) in [5.41, 5.74) is 13.0. The van der Waals surface area contributed by atoms with Gasteiger partial charge in [0.15, 0.2) is 17.2 Å². The summed E-state index contributed by atoms with van der Waals surface area (Å²) >= 11 is 0.747. The zero-order valence-electron chi connectivity index (χ0n) is 21.9. The number of carbonyl (C=O) groups is 3. The molecule has 39 heavy (non-hydrogen) atoms. The first-order chi connectivity index (χ1) is 18.7. The Morgan fingerprint density at radius 1 is 1.15 bits per heavy atom. The Hall–Kier alpha value is -4.16. The molecular weight excluding hydrogens is 522 g/mol. The number of amides is 3. The van der Waals surface area contributed by atoms with E-state index in [1.807, 2.05) is 19.1 Å². The van der Waals surface area contributed by atoms with Crippen molar-refractivity contribution in [1.82, 2.24) is 9.69 Å². The van der Waals surface area contributed by atoms with Crippen molar-refractivity contribution in [1.29, 1.82) is 0 Å². The maximum Gasteiger partial charge on any atom is 0.273 e. The number of hydrogen-bond donors (Lipinski definition) is 3. The second-order valence-electron chi connectivity index (χ2n) is 9.05. The first-order valence-corrected chi connectivity index (χ1v) is 13.1. The van der Waals surface area contributed by atoms with E-state index in [1.54, 1.807) is 30.3 Å². The summed E-state index contributed by atoms with van der Waals surface area (Å²) in [6.45, 7) is 2.84. The highest BCUT2D eigenvalue weighted by Gasteiger charge is 2.37. The molecule has 1 aliphatic heterocycles. The Morgan fingerprint density at radius 2 is 1.87 bits per heavy atom. The van der Waals surface area contributed by atoms with Crippen LogP contribution >= 0.6 is 11.5 Å². The highest BCUT2D eigenvalue weighted by molar-refractivity contribution is 7.09. The smallest absolute Gasteiger partial charge is 0.273 e. The predicted octanol–water partition coefficient (Wildman–Crippen LogP) is 2.83. The summed E-state index contributed by atoms with van der Waals surface area (Å²) in [5, 5.41) is 2.95. The van der Waals surface area contributed by atoms with Crippen molar-refractivity contribution >= 4 is 40.6 Å². The van der Waals surface area contributed by atoms with Gasteiger partial charge in [0.1, 0.15) is 10.9 Å². The van der Waals surface area contributed by atoms with Gasteiger partial charge in [0, 0.05) is 18.8 Å². The molecule has 3 aromatic rings. The molecule has 0 aliphatic carbocycles. The number of methoxy groups -OCH3 is 2. The van der Waals surface area contributed by atoms with Gasteiger partial charge >= 0.3 is 0 Å². The van der Waals surface area contributed by atoms with Gasteiger partial charge in [0.2, 0.25) is 5.91 Å². The van der Waals surface area contributed by atoms with Crippen LogP contribution < -0.4 is 31.2 Å². The van der Waals surface area contributed by atoms with Crippen molar-refractivity contribution in [3.05, 3.63) is 64.2 Å². The van der Waals surface area contributed by atoms with Gasteiger partial charge in [-0.2, -0.15) is 4.37 Å². The number of nitrogen functional groups attached to an aromatic ring is 1. The lowest BCUT2D eigenvalue weighted by Gasteiger charge is -2.32. The number of nitrogens with one attached hydrogen (secondary N) is 1. The third-order valence-electron chi connectivity index (χ3n) is 6.44. The summed E-state index contributed by atoms with van der Waals surface area (Å²) in [6, 6.07) is 11.0. The van der Waals surface area contributed by atoms with Crippen LogP contribution in [0.5, 0.6) is 11.5 Å². The lowest BCUT2D eigenvalue weighted by molar-refractivity contribution is -0.123. The molecule has 0 saturated carbocycles. The van der Waals surface area contributed by atoms with E-state index in [2.05, 4.69) is 9.69 Å². The molecule has 0 bridgehead atoms. The molecule has 0 radical (unpaired) electrons. The predicted molar refractivity (Wildman–Crippen MR) is 147 cm³/mol. The van der Waals surface area contributed by atoms with Crippen LogP contribution in [0.4, 0.5) is 11.4 Å². The van der Waals surface area contributed by atoms with Crippen molar-refractivity contribution in [3.8, 4) is 11.5 Å². The maximum absolute atomic E-state index is 14.1. The number of ether oxygens (including phenoxy) is 3. The number of nitrogens with two attached hydrogens (primary N) is 2. The van der Waals surface area contributed by atoms with E-state index in [9.17, 15) is 14.4 Å². The van der Waals surface area contributed by atoms with Crippen LogP contribution in [-0.2, 0) is 9.53 Å². The molecule has 2 aromatic carbocycles. The number of anilines is 2. The van der Waals surface area contributed by atoms with Gasteiger partial charge in [-0.05, 0) is 61.1 Å². The minimum absolute atomic E-state index is 0.0122. The van der Waals surface area contributed by atoms with E-state index in [0.29, 0.717) is 29.4 Å². The topological polar surface area (TPSA) is 159 Å². The largest absolute Gasteiger partial charge is 0.493 e. The number of nitrogens with zero attached hydrogens (tertiary/aromatic N) is 2. The standard InChI is InChI=1S/C27H31N5O6S/c1-15-6-9-17(10-7-15)32(27(35)24-21(28)22(25(29)33)31-39-24)23(26(34)30-14-18-5-4-12-38-18)16-8-11-19(36-2)20(13-16)37-3/h6-11,13,18,23H,4-5,12,14,28H2,1-3H3,(H2,29,33)(H,30,34)/t18-,23-/m1/s1. The van der Waals surface area contributed by atoms with E-state index >= 15 is 0 Å². The highest BCUT2D eigenvalue weighted by atomic mass is 32.1. The second-order valence-corrected chi connectivity index (χ2v) is 9.82. The molecule has 3 amide bonds. The van der Waals surface area contributed by atoms with Gasteiger partial charge in [-0.3, -0.25) is 19.3 Å². The minimum atomic E-state index is -1.15. The van der Waals surface area contributed by atoms with Gasteiger partial charge in [-0.25, -0.2) is 0 Å². The number of primary amides is 1. The van der Waals surface area contributed by atoms with E-state index in [-0.39, 0.29) is 28.9 Å². The first kappa shape index (κ1) is 27.9. The van der Waals surface area contributed by atoms with Gasteiger partial charge < -0.3 is 31.0 Å². The third kappa shape index (κ3) is 5.96. The monoisotopic (exact) mass is 553 g/mol. The number of aryl methyl sites for hydroxylation is 1. The lowest BCUT2D eigenvalue weighted by Crippen LogP contribution is -2.45. The molecule has 1 aliphatic rings. The number of hydrogen-bond acceptors (Lipinski definition) is 9. The highest BCUT2D eigenvalue weighted by Crippen LogP contribution is 2.36. The van der Waals surface area contributed by atoms with Crippen LogP contribution in [0.1, 0.15) is 50.2 Å². The normalized spacial score (nSPS) is 15.4. The molecule has 2 heterocycles. The van der Waals surface area contributed by atoms with E-state index < -0.39 is 23.8 Å². The van der Waals surface area contributed by atoms with Crippen LogP contribution in [0, 0.1) is 6.92 Å². The van der Waals surface area contributed by atoms with Crippen LogP contribution in [0.15, 0.2) is 42.5 Å². The Labute approximate surface area is 230 Å². The first-order valence-electron chi connectivity index (χ1n) is 12.3. The van der Waals surface area contributed by atoms with Gasteiger partial charge in [0.05, 0.1) is 26.0 Å². The van der Waals surface area contributed by atoms with Crippen molar-refractivity contribution in [2.45, 2.75) is 31.9 Å². The lowest BCUT2D eigenvalue weighted by atomic mass is 10.0. The quantitative estimate of drug-likeness (QED) is 0.346. The minimum Gasteiger partial charge on any atom is -0.493 e. The van der Waals surface area contributed by atoms with E-state index in [1.165, 1.54) is 19.1 Å². The van der Waals surface area contributed by atoms with Crippen molar-refractivity contribution < 1.29 is 28.6 Å². The summed E-state index contributed by atoms with van der Waals surface area (Å²) in [7, 11) is 2.99. The average molecular weight is 554 g/mol. The molecule has 4 rings (SSSR count). The molecule has 11 nitrogen and oxygen atoms in total. The Balaban J connectivity index is 1.85. The number of carbonyl (C=O) groups excluding carboxylic acids is 3. The molecule has 1 fully saturated rings. The van der Waals surface area contributed by atoms with Crippen LogP contribution in [-0.4, -0.2) is 55.6 Å². The second kappa shape index (κ2) is 12.1. The molecule has 1 saturated heterocycles. The average Bonchev–Trinajstić information content (AvgIpc) is 3.60. The van der Waals surface area contributed by atoms with Crippen LogP contribution in [0.3, 0.4) is 0 Å². The fraction of sp³-hybridized carbons (Fsp3) is 0.333. The van der Waals surface area contributed by atoms with Crippen molar-refractivity contribution in [3.63, 3.8) is 0 Å². The third-order valence-corrected chi connectivity index (χ3v) is 7.30. The molecule has 12 heteroatoms. The fourth-order valence-electron chi connectivity index (χ4n) is 4.38. The van der Waals surface area contributed by atoms with Gasteiger partial charge in [-0.15, -0.1) is 0 Å². The summed E-state index contributed by atoms with van der Waals surface area (Å²) in [4.78, 5) is 41.2. The number of aromatic nitrogens is 1. The SMILES string of the molecule is COc1ccc([C@H](C(=O)NC[C@H]2CCCO2)N(C(=O)c2snc(C(N)=O)c2N)c2ccc(C)cc2)cc1OC.